The number of amides is 2. The fourth-order valence-electron chi connectivity index (χ4n) is 3.78. The number of halogens is 1. The molecule has 0 heterocycles. The van der Waals surface area contributed by atoms with Crippen LogP contribution in [-0.2, 0) is 16.1 Å². The van der Waals surface area contributed by atoms with Crippen molar-refractivity contribution in [2.45, 2.75) is 38.3 Å². The van der Waals surface area contributed by atoms with Gasteiger partial charge < -0.3 is 20.8 Å². The molecule has 8 nitrogen and oxygen atoms in total. The number of benzene rings is 3. The molecule has 2 amide bonds. The number of nitrogens with one attached hydrogen (secondary N) is 2. The van der Waals surface area contributed by atoms with Gasteiger partial charge in [0.05, 0.1) is 10.6 Å². The zero-order valence-electron chi connectivity index (χ0n) is 20.1. The average Bonchev–Trinajstić information content (AvgIpc) is 2.87. The van der Waals surface area contributed by atoms with Gasteiger partial charge in [-0.05, 0) is 47.4 Å². The van der Waals surface area contributed by atoms with Crippen LogP contribution in [0.4, 0.5) is 0 Å². The number of carboxylic acids is 1. The van der Waals surface area contributed by atoms with Crippen molar-refractivity contribution in [2.75, 3.05) is 0 Å². The van der Waals surface area contributed by atoms with Crippen LogP contribution < -0.4 is 10.6 Å². The van der Waals surface area contributed by atoms with Crippen LogP contribution in [0.15, 0.2) is 72.8 Å². The second-order valence-electron chi connectivity index (χ2n) is 8.67. The fourth-order valence-corrected chi connectivity index (χ4v) is 4.05. The summed E-state index contributed by atoms with van der Waals surface area (Å²) in [6, 6.07) is 18.4. The average molecular weight is 523 g/mol. The Hall–Kier alpha value is -4.17. The third kappa shape index (κ3) is 7.91. The first kappa shape index (κ1) is 27.4. The number of ketones is 1. The highest BCUT2D eigenvalue weighted by Gasteiger charge is 2.26. The van der Waals surface area contributed by atoms with E-state index in [1.165, 1.54) is 30.3 Å². The Bertz CT molecular complexity index is 1290. The molecule has 0 saturated heterocycles. The number of carboxylic acid groups (broad SMARTS) is 1. The molecule has 3 rings (SSSR count). The van der Waals surface area contributed by atoms with Crippen molar-refractivity contribution in [3.8, 4) is 5.75 Å². The zero-order valence-corrected chi connectivity index (χ0v) is 20.9. The molecule has 0 spiro atoms. The summed E-state index contributed by atoms with van der Waals surface area (Å²) in [4.78, 5) is 49.5. The van der Waals surface area contributed by atoms with Gasteiger partial charge in [-0.15, -0.1) is 0 Å². The molecule has 1 unspecified atom stereocenters. The van der Waals surface area contributed by atoms with Crippen molar-refractivity contribution in [3.63, 3.8) is 0 Å². The van der Waals surface area contributed by atoms with Crippen LogP contribution in [0.3, 0.4) is 0 Å². The topological polar surface area (TPSA) is 133 Å². The summed E-state index contributed by atoms with van der Waals surface area (Å²) in [5.41, 5.74) is 1.83. The second-order valence-corrected chi connectivity index (χ2v) is 9.08. The smallest absolute Gasteiger partial charge is 0.326 e. The van der Waals surface area contributed by atoms with Crippen LogP contribution in [0.25, 0.3) is 0 Å². The highest BCUT2D eigenvalue weighted by atomic mass is 35.5. The number of phenolic OH excluding ortho intramolecular Hbond substituents is 1. The summed E-state index contributed by atoms with van der Waals surface area (Å²) in [5, 5.41) is 24.1. The molecule has 0 aromatic heterocycles. The Kier molecular flexibility index (Phi) is 9.40. The van der Waals surface area contributed by atoms with Crippen molar-refractivity contribution >= 4 is 35.2 Å². The lowest BCUT2D eigenvalue weighted by atomic mass is 9.93. The molecular weight excluding hydrogens is 496 g/mol. The molecule has 0 bridgehead atoms. The minimum absolute atomic E-state index is 0.0254. The summed E-state index contributed by atoms with van der Waals surface area (Å²) in [6.45, 7) is 2.05. The molecule has 0 fully saturated rings. The predicted octanol–water partition coefficient (Wildman–Crippen LogP) is 4.31. The molecule has 0 aliphatic carbocycles. The van der Waals surface area contributed by atoms with E-state index in [9.17, 15) is 29.4 Å². The Morgan fingerprint density at radius 3 is 2.27 bits per heavy atom. The first-order chi connectivity index (χ1) is 17.6. The third-order valence-corrected chi connectivity index (χ3v) is 6.09. The molecule has 0 saturated carbocycles. The van der Waals surface area contributed by atoms with E-state index < -0.39 is 23.8 Å². The van der Waals surface area contributed by atoms with Crippen LogP contribution >= 0.6 is 11.6 Å². The van der Waals surface area contributed by atoms with Crippen molar-refractivity contribution in [1.29, 1.82) is 0 Å². The van der Waals surface area contributed by atoms with Crippen LogP contribution in [0.1, 0.15) is 57.5 Å². The second kappa shape index (κ2) is 12.7. The minimum Gasteiger partial charge on any atom is -0.508 e. The maximum Gasteiger partial charge on any atom is 0.326 e. The number of Topliss-reactive ketones (excluding diaryl/α,β-unsaturated/α-hetero) is 1. The molecule has 0 aliphatic rings. The van der Waals surface area contributed by atoms with E-state index in [2.05, 4.69) is 10.6 Å². The number of aliphatic carboxylic acids is 1. The fraction of sp³-hybridized carbons (Fsp3) is 0.214. The predicted molar refractivity (Wildman–Crippen MR) is 139 cm³/mol. The lowest BCUT2D eigenvalue weighted by Crippen LogP contribution is -2.42. The van der Waals surface area contributed by atoms with E-state index in [0.29, 0.717) is 5.56 Å². The van der Waals surface area contributed by atoms with Crippen LogP contribution in [0.2, 0.25) is 5.02 Å². The zero-order chi connectivity index (χ0) is 26.9. The number of phenols is 1. The van der Waals surface area contributed by atoms with E-state index in [1.807, 2.05) is 37.3 Å². The molecule has 4 N–H and O–H groups in total. The molecular formula is C28H27ClN2O6. The van der Waals surface area contributed by atoms with Crippen LogP contribution in [0.5, 0.6) is 5.75 Å². The molecule has 0 radical (unpaired) electrons. The highest BCUT2D eigenvalue weighted by molar-refractivity contribution is 6.34. The SMILES string of the molecule is CC(CC(=O)C[C@H](NC(=O)c1ccc(C(=O)NCc2cccc(O)c2)cc1Cl)C(=O)O)c1ccccc1. The van der Waals surface area contributed by atoms with Crippen LogP contribution in [0, 0.1) is 0 Å². The standard InChI is InChI=1S/C28H27ClN2O6/c1-17(19-7-3-2-4-8-19)12-22(33)15-25(28(36)37)31-27(35)23-11-10-20(14-24(23)29)26(34)30-16-18-6-5-9-21(32)13-18/h2-11,13-14,17,25,32H,12,15-16H2,1H3,(H,30,34)(H,31,35)(H,36,37)/t17?,25-/m0/s1. The maximum atomic E-state index is 12.7. The van der Waals surface area contributed by atoms with Crippen molar-refractivity contribution < 1.29 is 29.4 Å². The first-order valence-electron chi connectivity index (χ1n) is 11.6. The van der Waals surface area contributed by atoms with Gasteiger partial charge in [0, 0.05) is 24.9 Å². The van der Waals surface area contributed by atoms with E-state index in [-0.39, 0.29) is 53.0 Å². The molecule has 3 aromatic carbocycles. The number of rotatable bonds is 11. The number of carbonyl (C=O) groups is 4. The minimum atomic E-state index is -1.43. The first-order valence-corrected chi connectivity index (χ1v) is 12.0. The highest BCUT2D eigenvalue weighted by Crippen LogP contribution is 2.21. The van der Waals surface area contributed by atoms with Gasteiger partial charge in [-0.25, -0.2) is 4.79 Å². The number of carbonyl (C=O) groups excluding carboxylic acids is 3. The van der Waals surface area contributed by atoms with Crippen molar-refractivity contribution in [3.05, 3.63) is 100 Å². The number of hydrogen-bond acceptors (Lipinski definition) is 5. The lowest BCUT2D eigenvalue weighted by molar-refractivity contribution is -0.141. The molecule has 37 heavy (non-hydrogen) atoms. The van der Waals surface area contributed by atoms with E-state index in [4.69, 9.17) is 11.6 Å². The quantitative estimate of drug-likeness (QED) is 0.296. The normalized spacial score (nSPS) is 12.3. The Morgan fingerprint density at radius 1 is 0.892 bits per heavy atom. The van der Waals surface area contributed by atoms with E-state index >= 15 is 0 Å². The largest absolute Gasteiger partial charge is 0.508 e. The van der Waals surface area contributed by atoms with Gasteiger partial charge in [-0.1, -0.05) is 61.0 Å². The van der Waals surface area contributed by atoms with Crippen LogP contribution in [-0.4, -0.2) is 39.8 Å². The summed E-state index contributed by atoms with van der Waals surface area (Å²) in [7, 11) is 0. The van der Waals surface area contributed by atoms with E-state index in [1.54, 1.807) is 12.1 Å². The maximum absolute atomic E-state index is 12.7. The molecule has 2 atom stereocenters. The molecule has 3 aromatic rings. The molecule has 9 heteroatoms. The van der Waals surface area contributed by atoms with E-state index in [0.717, 1.165) is 5.56 Å². The van der Waals surface area contributed by atoms with Gasteiger partial charge in [0.15, 0.2) is 0 Å². The third-order valence-electron chi connectivity index (χ3n) is 5.78. The van der Waals surface area contributed by atoms with Gasteiger partial charge >= 0.3 is 5.97 Å². The summed E-state index contributed by atoms with van der Waals surface area (Å²) in [5.74, 6) is -2.87. The monoisotopic (exact) mass is 522 g/mol. The van der Waals surface area contributed by atoms with Crippen molar-refractivity contribution in [2.24, 2.45) is 0 Å². The Morgan fingerprint density at radius 2 is 1.62 bits per heavy atom. The lowest BCUT2D eigenvalue weighted by Gasteiger charge is -2.16. The van der Waals surface area contributed by atoms with Gasteiger partial charge in [0.2, 0.25) is 0 Å². The molecule has 0 aliphatic heterocycles. The van der Waals surface area contributed by atoms with Gasteiger partial charge in [0.25, 0.3) is 11.8 Å². The molecule has 192 valence electrons. The van der Waals surface area contributed by atoms with Gasteiger partial charge in [-0.3, -0.25) is 14.4 Å². The summed E-state index contributed by atoms with van der Waals surface area (Å²) >= 11 is 6.22. The Labute approximate surface area is 219 Å². The Balaban J connectivity index is 1.60. The summed E-state index contributed by atoms with van der Waals surface area (Å²) < 4.78 is 0. The number of hydrogen-bond donors (Lipinski definition) is 4. The van der Waals surface area contributed by atoms with Gasteiger partial charge in [-0.2, -0.15) is 0 Å². The number of aromatic hydroxyl groups is 1. The summed E-state index contributed by atoms with van der Waals surface area (Å²) in [6.07, 6.45) is -0.234. The van der Waals surface area contributed by atoms with Crippen molar-refractivity contribution in [1.82, 2.24) is 10.6 Å². The van der Waals surface area contributed by atoms with Gasteiger partial charge in [0.1, 0.15) is 17.6 Å².